The fourth-order valence-corrected chi connectivity index (χ4v) is 6.00. The topological polar surface area (TPSA) is 89.4 Å². The molecule has 1 saturated heterocycles. The highest BCUT2D eigenvalue weighted by atomic mass is 32.1. The zero-order chi connectivity index (χ0) is 26.5. The van der Waals surface area contributed by atoms with Crippen molar-refractivity contribution in [2.45, 2.75) is 51.8 Å². The van der Waals surface area contributed by atoms with Gasteiger partial charge in [0.05, 0.1) is 11.6 Å². The number of nitrogens with zero attached hydrogens (tertiary/aromatic N) is 4. The van der Waals surface area contributed by atoms with Gasteiger partial charge in [0.2, 0.25) is 11.8 Å². The second-order valence-electron chi connectivity index (χ2n) is 9.75. The van der Waals surface area contributed by atoms with Gasteiger partial charge in [-0.2, -0.15) is 0 Å². The van der Waals surface area contributed by atoms with Crippen LogP contribution in [0.4, 0.5) is 0 Å². The molecule has 1 N–H and O–H groups in total. The van der Waals surface area contributed by atoms with Gasteiger partial charge in [-0.15, -0.1) is 16.4 Å². The van der Waals surface area contributed by atoms with Gasteiger partial charge >= 0.3 is 0 Å². The largest absolute Gasteiger partial charge is 0.376 e. The van der Waals surface area contributed by atoms with Crippen LogP contribution in [0, 0.1) is 13.8 Å². The number of aromatic nitrogens is 3. The third-order valence-electron chi connectivity index (χ3n) is 7.15. The number of carbonyl (C=O) groups excluding carboxylic acids is 2. The molecule has 0 bridgehead atoms. The Morgan fingerprint density at radius 1 is 1.13 bits per heavy atom. The van der Waals surface area contributed by atoms with Gasteiger partial charge in [-0.05, 0) is 73.4 Å². The molecule has 2 atom stereocenters. The lowest BCUT2D eigenvalue weighted by atomic mass is 10.0. The van der Waals surface area contributed by atoms with E-state index in [1.54, 1.807) is 9.58 Å². The van der Waals surface area contributed by atoms with E-state index in [0.717, 1.165) is 52.0 Å². The van der Waals surface area contributed by atoms with Crippen LogP contribution in [0.1, 0.15) is 40.5 Å². The predicted octanol–water partition coefficient (Wildman–Crippen LogP) is 4.22. The second-order valence-corrected chi connectivity index (χ2v) is 10.7. The molecule has 0 unspecified atom stereocenters. The molecule has 0 saturated carbocycles. The average molecular weight is 532 g/mol. The van der Waals surface area contributed by atoms with E-state index in [9.17, 15) is 9.59 Å². The molecule has 2 aromatic carbocycles. The monoisotopic (exact) mass is 531 g/mol. The molecule has 198 valence electrons. The molecule has 1 aliphatic heterocycles. The van der Waals surface area contributed by atoms with Crippen molar-refractivity contribution >= 4 is 34.2 Å². The number of rotatable bonds is 10. The van der Waals surface area contributed by atoms with Gasteiger partial charge < -0.3 is 15.0 Å². The first kappa shape index (κ1) is 26.1. The number of aryl methyl sites for hydroxylation is 2. The number of benzene rings is 2. The summed E-state index contributed by atoms with van der Waals surface area (Å²) >= 11 is 1.50. The number of fused-ring (bicyclic) bond motifs is 1. The van der Waals surface area contributed by atoms with Gasteiger partial charge in [0.1, 0.15) is 18.1 Å². The van der Waals surface area contributed by atoms with Gasteiger partial charge in [0, 0.05) is 24.6 Å². The Hall–Kier alpha value is -3.56. The first-order chi connectivity index (χ1) is 18.5. The smallest absolute Gasteiger partial charge is 0.248 e. The Bertz CT molecular complexity index is 1410. The molecular formula is C29H33N5O3S. The molecule has 4 aromatic rings. The molecule has 0 radical (unpaired) electrons. The van der Waals surface area contributed by atoms with Gasteiger partial charge in [-0.3, -0.25) is 9.59 Å². The molecule has 2 aromatic heterocycles. The van der Waals surface area contributed by atoms with Crippen molar-refractivity contribution < 1.29 is 14.3 Å². The molecule has 1 aliphatic rings. The lowest BCUT2D eigenvalue weighted by molar-refractivity contribution is -0.141. The van der Waals surface area contributed by atoms with Crippen LogP contribution >= 0.6 is 11.3 Å². The highest BCUT2D eigenvalue weighted by molar-refractivity contribution is 7.10. The van der Waals surface area contributed by atoms with Crippen molar-refractivity contribution in [1.82, 2.24) is 25.2 Å². The van der Waals surface area contributed by atoms with E-state index >= 15 is 0 Å². The molecule has 9 heteroatoms. The van der Waals surface area contributed by atoms with Crippen LogP contribution in [0.2, 0.25) is 0 Å². The number of thiophene rings is 1. The molecule has 38 heavy (non-hydrogen) atoms. The van der Waals surface area contributed by atoms with E-state index in [1.807, 2.05) is 54.8 Å². The second kappa shape index (κ2) is 11.9. The van der Waals surface area contributed by atoms with Crippen molar-refractivity contribution in [3.05, 3.63) is 81.5 Å². The minimum Gasteiger partial charge on any atom is -0.376 e. The van der Waals surface area contributed by atoms with E-state index < -0.39 is 6.04 Å². The summed E-state index contributed by atoms with van der Waals surface area (Å²) in [6.45, 7) is 5.60. The van der Waals surface area contributed by atoms with Crippen molar-refractivity contribution in [2.24, 2.45) is 0 Å². The Morgan fingerprint density at radius 2 is 1.95 bits per heavy atom. The molecule has 3 heterocycles. The first-order valence-electron chi connectivity index (χ1n) is 13.1. The minimum absolute atomic E-state index is 0.00573. The fraction of sp³-hybridized carbons (Fsp3) is 0.379. The van der Waals surface area contributed by atoms with Crippen molar-refractivity contribution in [1.29, 1.82) is 0 Å². The molecule has 8 nitrogen and oxygen atoms in total. The maximum Gasteiger partial charge on any atom is 0.248 e. The summed E-state index contributed by atoms with van der Waals surface area (Å²) in [5, 5.41) is 13.5. The third kappa shape index (κ3) is 5.79. The molecule has 1 fully saturated rings. The van der Waals surface area contributed by atoms with Crippen molar-refractivity contribution in [3.8, 4) is 0 Å². The van der Waals surface area contributed by atoms with Crippen LogP contribution in [-0.4, -0.2) is 57.5 Å². The molecule has 0 aliphatic carbocycles. The Kier molecular flexibility index (Phi) is 8.14. The zero-order valence-electron chi connectivity index (χ0n) is 21.8. The highest BCUT2D eigenvalue weighted by Gasteiger charge is 2.34. The van der Waals surface area contributed by atoms with Crippen LogP contribution in [0.25, 0.3) is 11.0 Å². The first-order valence-corrected chi connectivity index (χ1v) is 13.9. The summed E-state index contributed by atoms with van der Waals surface area (Å²) in [6, 6.07) is 17.0. The lowest BCUT2D eigenvalue weighted by Gasteiger charge is -2.31. The summed E-state index contributed by atoms with van der Waals surface area (Å²) in [6.07, 6.45) is 2.58. The Morgan fingerprint density at radius 3 is 2.71 bits per heavy atom. The van der Waals surface area contributed by atoms with Gasteiger partial charge in [0.15, 0.2) is 0 Å². The van der Waals surface area contributed by atoms with Crippen LogP contribution < -0.4 is 5.32 Å². The number of hydrogen-bond donors (Lipinski definition) is 1. The van der Waals surface area contributed by atoms with Crippen LogP contribution in [0.5, 0.6) is 0 Å². The minimum atomic E-state index is -0.747. The molecular weight excluding hydrogens is 498 g/mol. The zero-order valence-corrected chi connectivity index (χ0v) is 22.6. The number of amides is 2. The number of nitrogens with one attached hydrogen (secondary N) is 1. The van der Waals surface area contributed by atoms with E-state index in [2.05, 4.69) is 34.7 Å². The molecule has 5 rings (SSSR count). The Labute approximate surface area is 226 Å². The van der Waals surface area contributed by atoms with Gasteiger partial charge in [-0.1, -0.05) is 41.6 Å². The van der Waals surface area contributed by atoms with Crippen molar-refractivity contribution in [3.63, 3.8) is 0 Å². The standard InChI is InChI=1S/C29H33N5O3S/c1-20-8-3-4-9-22(20)13-15-33(26(35)19-34-25-12-6-5-11-24(25)31-32-34)27(28-21(2)14-17-38-28)29(36)30-18-23-10-7-16-37-23/h3-6,8-9,11-12,14,17,23,27H,7,10,13,15-16,18-19H2,1-2H3,(H,30,36)/t23-,27-/m0/s1. The Balaban J connectivity index is 1.46. The summed E-state index contributed by atoms with van der Waals surface area (Å²) < 4.78 is 7.34. The summed E-state index contributed by atoms with van der Waals surface area (Å²) in [5.41, 5.74) is 4.82. The van der Waals surface area contributed by atoms with Crippen LogP contribution in [-0.2, 0) is 27.3 Å². The maximum absolute atomic E-state index is 14.0. The predicted molar refractivity (Wildman–Crippen MR) is 148 cm³/mol. The average Bonchev–Trinajstić information content (AvgIpc) is 3.68. The number of carbonyl (C=O) groups is 2. The summed E-state index contributed by atoms with van der Waals surface area (Å²) in [4.78, 5) is 30.4. The summed E-state index contributed by atoms with van der Waals surface area (Å²) in [5.74, 6) is -0.369. The van der Waals surface area contributed by atoms with Gasteiger partial charge in [0.25, 0.3) is 0 Å². The normalized spacial score (nSPS) is 16.0. The molecule has 2 amide bonds. The SMILES string of the molecule is Cc1ccccc1CCN(C(=O)Cn1nnc2ccccc21)[C@H](C(=O)NC[C@@H]1CCCO1)c1sccc1C. The number of ether oxygens (including phenoxy) is 1. The van der Waals surface area contributed by atoms with E-state index in [0.29, 0.717) is 19.5 Å². The van der Waals surface area contributed by atoms with Crippen LogP contribution in [0.3, 0.4) is 0 Å². The fourth-order valence-electron chi connectivity index (χ4n) is 4.97. The van der Waals surface area contributed by atoms with E-state index in [-0.39, 0.29) is 24.5 Å². The van der Waals surface area contributed by atoms with Gasteiger partial charge in [-0.25, -0.2) is 4.68 Å². The number of para-hydroxylation sites is 1. The van der Waals surface area contributed by atoms with Crippen LogP contribution in [0.15, 0.2) is 60.0 Å². The lowest BCUT2D eigenvalue weighted by Crippen LogP contribution is -2.47. The third-order valence-corrected chi connectivity index (χ3v) is 8.22. The number of hydrogen-bond acceptors (Lipinski definition) is 6. The highest BCUT2D eigenvalue weighted by Crippen LogP contribution is 2.30. The van der Waals surface area contributed by atoms with Crippen molar-refractivity contribution in [2.75, 3.05) is 19.7 Å². The molecule has 0 spiro atoms. The van der Waals surface area contributed by atoms with E-state index in [1.165, 1.54) is 11.3 Å². The maximum atomic E-state index is 14.0. The summed E-state index contributed by atoms with van der Waals surface area (Å²) in [7, 11) is 0. The quantitative estimate of drug-likeness (QED) is 0.331. The van der Waals surface area contributed by atoms with E-state index in [4.69, 9.17) is 4.74 Å².